The van der Waals surface area contributed by atoms with Crippen molar-refractivity contribution in [3.8, 4) is 0 Å². The third kappa shape index (κ3) is 3.09. The minimum atomic E-state index is 0.417. The van der Waals surface area contributed by atoms with E-state index in [-0.39, 0.29) is 0 Å². The predicted molar refractivity (Wildman–Crippen MR) is 70.8 cm³/mol. The summed E-state index contributed by atoms with van der Waals surface area (Å²) >= 11 is 0. The molecule has 96 valence electrons. The molecular formula is C14H25N3. The van der Waals surface area contributed by atoms with Crippen molar-refractivity contribution in [3.05, 3.63) is 18.0 Å². The number of aryl methyl sites for hydroxylation is 1. The van der Waals surface area contributed by atoms with Gasteiger partial charge in [-0.3, -0.25) is 4.68 Å². The Balaban J connectivity index is 1.94. The molecule has 0 aromatic carbocycles. The standard InChI is InChI=1S/C14H25N3/c1-4-12-7-5-6-8-14(12)16-11(2)13-9-15-17(3)10-13/h9-12,14,16H,4-8H2,1-3H3. The van der Waals surface area contributed by atoms with Crippen molar-refractivity contribution < 1.29 is 0 Å². The molecule has 0 spiro atoms. The largest absolute Gasteiger partial charge is 0.307 e. The van der Waals surface area contributed by atoms with Crippen molar-refractivity contribution in [2.24, 2.45) is 13.0 Å². The van der Waals surface area contributed by atoms with E-state index < -0.39 is 0 Å². The molecule has 0 aliphatic heterocycles. The molecule has 1 aliphatic carbocycles. The van der Waals surface area contributed by atoms with Crippen LogP contribution < -0.4 is 5.32 Å². The molecule has 3 atom stereocenters. The maximum Gasteiger partial charge on any atom is 0.0537 e. The van der Waals surface area contributed by atoms with Crippen molar-refractivity contribution in [1.29, 1.82) is 0 Å². The van der Waals surface area contributed by atoms with E-state index in [2.05, 4.69) is 30.5 Å². The van der Waals surface area contributed by atoms with Crippen LogP contribution in [0.15, 0.2) is 12.4 Å². The van der Waals surface area contributed by atoms with Gasteiger partial charge in [-0.2, -0.15) is 5.10 Å². The fourth-order valence-electron chi connectivity index (χ4n) is 3.00. The molecule has 3 heteroatoms. The van der Waals surface area contributed by atoms with E-state index in [0.717, 1.165) is 5.92 Å². The first-order valence-electron chi connectivity index (χ1n) is 6.95. The third-order valence-electron chi connectivity index (χ3n) is 4.12. The molecule has 1 saturated carbocycles. The van der Waals surface area contributed by atoms with Gasteiger partial charge in [-0.05, 0) is 25.7 Å². The molecular weight excluding hydrogens is 210 g/mol. The Morgan fingerprint density at radius 2 is 2.24 bits per heavy atom. The van der Waals surface area contributed by atoms with Gasteiger partial charge in [-0.1, -0.05) is 26.2 Å². The summed E-state index contributed by atoms with van der Waals surface area (Å²) in [7, 11) is 1.98. The lowest BCUT2D eigenvalue weighted by Crippen LogP contribution is -2.39. The molecule has 0 amide bonds. The second-order valence-electron chi connectivity index (χ2n) is 5.39. The Morgan fingerprint density at radius 1 is 1.47 bits per heavy atom. The van der Waals surface area contributed by atoms with Crippen molar-refractivity contribution in [3.63, 3.8) is 0 Å². The molecule has 17 heavy (non-hydrogen) atoms. The van der Waals surface area contributed by atoms with Gasteiger partial charge in [0.1, 0.15) is 0 Å². The molecule has 1 aromatic heterocycles. The highest BCUT2D eigenvalue weighted by Gasteiger charge is 2.25. The molecule has 2 rings (SSSR count). The zero-order valence-corrected chi connectivity index (χ0v) is 11.3. The Labute approximate surface area is 105 Å². The van der Waals surface area contributed by atoms with Crippen LogP contribution in [0.25, 0.3) is 0 Å². The van der Waals surface area contributed by atoms with Crippen LogP contribution in [0.5, 0.6) is 0 Å². The number of hydrogen-bond acceptors (Lipinski definition) is 2. The van der Waals surface area contributed by atoms with E-state index in [1.807, 2.05) is 17.9 Å². The van der Waals surface area contributed by atoms with Crippen LogP contribution >= 0.6 is 0 Å². The maximum atomic E-state index is 4.25. The summed E-state index contributed by atoms with van der Waals surface area (Å²) in [5.41, 5.74) is 1.30. The minimum Gasteiger partial charge on any atom is -0.307 e. The lowest BCUT2D eigenvalue weighted by Gasteiger charge is -2.33. The predicted octanol–water partition coefficient (Wildman–Crippen LogP) is 3.04. The molecule has 1 aromatic rings. The first-order valence-corrected chi connectivity index (χ1v) is 6.95. The number of nitrogens with one attached hydrogen (secondary N) is 1. The van der Waals surface area contributed by atoms with Crippen molar-refractivity contribution in [2.75, 3.05) is 0 Å². The summed E-state index contributed by atoms with van der Waals surface area (Å²) in [5.74, 6) is 0.864. The fraction of sp³-hybridized carbons (Fsp3) is 0.786. The number of hydrogen-bond donors (Lipinski definition) is 1. The molecule has 0 bridgehead atoms. The van der Waals surface area contributed by atoms with Gasteiger partial charge in [0.2, 0.25) is 0 Å². The van der Waals surface area contributed by atoms with E-state index >= 15 is 0 Å². The van der Waals surface area contributed by atoms with Gasteiger partial charge < -0.3 is 5.32 Å². The number of nitrogens with zero attached hydrogens (tertiary/aromatic N) is 2. The van der Waals surface area contributed by atoms with Crippen LogP contribution in [0, 0.1) is 5.92 Å². The van der Waals surface area contributed by atoms with Gasteiger partial charge in [0.25, 0.3) is 0 Å². The summed E-state index contributed by atoms with van der Waals surface area (Å²) in [4.78, 5) is 0. The Bertz CT molecular complexity index is 345. The molecule has 0 saturated heterocycles. The van der Waals surface area contributed by atoms with Gasteiger partial charge in [0, 0.05) is 30.9 Å². The van der Waals surface area contributed by atoms with Gasteiger partial charge in [0.05, 0.1) is 6.20 Å². The summed E-state index contributed by atoms with van der Waals surface area (Å²) in [6.07, 6.45) is 10.9. The molecule has 1 aliphatic rings. The van der Waals surface area contributed by atoms with Gasteiger partial charge in [-0.25, -0.2) is 0 Å². The normalized spacial score (nSPS) is 27.0. The summed E-state index contributed by atoms with van der Waals surface area (Å²) in [5, 5.41) is 8.04. The second kappa shape index (κ2) is 5.67. The van der Waals surface area contributed by atoms with Crippen LogP contribution in [0.2, 0.25) is 0 Å². The molecule has 3 nitrogen and oxygen atoms in total. The summed E-state index contributed by atoms with van der Waals surface area (Å²) in [6, 6.07) is 1.12. The van der Waals surface area contributed by atoms with Crippen LogP contribution in [0.4, 0.5) is 0 Å². The Kier molecular flexibility index (Phi) is 4.21. The van der Waals surface area contributed by atoms with Gasteiger partial charge in [0.15, 0.2) is 0 Å². The Hall–Kier alpha value is -0.830. The first-order chi connectivity index (χ1) is 8.20. The number of aromatic nitrogens is 2. The highest BCUT2D eigenvalue weighted by Crippen LogP contribution is 2.28. The monoisotopic (exact) mass is 235 g/mol. The van der Waals surface area contributed by atoms with Crippen LogP contribution in [0.1, 0.15) is 57.6 Å². The van der Waals surface area contributed by atoms with Crippen molar-refractivity contribution in [2.45, 2.75) is 58.0 Å². The molecule has 1 N–H and O–H groups in total. The van der Waals surface area contributed by atoms with Crippen LogP contribution in [-0.2, 0) is 7.05 Å². The molecule has 0 radical (unpaired) electrons. The van der Waals surface area contributed by atoms with Crippen molar-refractivity contribution >= 4 is 0 Å². The maximum absolute atomic E-state index is 4.25. The number of rotatable bonds is 4. The minimum absolute atomic E-state index is 0.417. The van der Waals surface area contributed by atoms with E-state index in [9.17, 15) is 0 Å². The highest BCUT2D eigenvalue weighted by molar-refractivity contribution is 5.09. The molecule has 1 fully saturated rings. The fourth-order valence-corrected chi connectivity index (χ4v) is 3.00. The van der Waals surface area contributed by atoms with Gasteiger partial charge >= 0.3 is 0 Å². The lowest BCUT2D eigenvalue weighted by atomic mass is 9.82. The van der Waals surface area contributed by atoms with E-state index in [4.69, 9.17) is 0 Å². The highest BCUT2D eigenvalue weighted by atomic mass is 15.2. The smallest absolute Gasteiger partial charge is 0.0537 e. The SMILES string of the molecule is CCC1CCCCC1NC(C)c1cnn(C)c1. The van der Waals surface area contributed by atoms with Gasteiger partial charge in [-0.15, -0.1) is 0 Å². The zero-order valence-electron chi connectivity index (χ0n) is 11.3. The van der Waals surface area contributed by atoms with E-state index in [0.29, 0.717) is 12.1 Å². The average Bonchev–Trinajstić information content (AvgIpc) is 2.77. The van der Waals surface area contributed by atoms with E-state index in [1.165, 1.54) is 37.7 Å². The van der Waals surface area contributed by atoms with E-state index in [1.54, 1.807) is 0 Å². The van der Waals surface area contributed by atoms with Crippen LogP contribution in [0.3, 0.4) is 0 Å². The lowest BCUT2D eigenvalue weighted by molar-refractivity contribution is 0.240. The molecule has 3 unspecified atom stereocenters. The Morgan fingerprint density at radius 3 is 2.88 bits per heavy atom. The summed E-state index contributed by atoms with van der Waals surface area (Å²) < 4.78 is 1.88. The third-order valence-corrected chi connectivity index (χ3v) is 4.12. The zero-order chi connectivity index (χ0) is 12.3. The van der Waals surface area contributed by atoms with Crippen LogP contribution in [-0.4, -0.2) is 15.8 Å². The second-order valence-corrected chi connectivity index (χ2v) is 5.39. The molecule has 1 heterocycles. The summed E-state index contributed by atoms with van der Waals surface area (Å²) in [6.45, 7) is 4.57. The first kappa shape index (κ1) is 12.6. The quantitative estimate of drug-likeness (QED) is 0.869. The average molecular weight is 235 g/mol. The topological polar surface area (TPSA) is 29.9 Å². The van der Waals surface area contributed by atoms with Crippen molar-refractivity contribution in [1.82, 2.24) is 15.1 Å².